The summed E-state index contributed by atoms with van der Waals surface area (Å²) in [7, 11) is 0. The Morgan fingerprint density at radius 3 is 2.75 bits per heavy atom. The summed E-state index contributed by atoms with van der Waals surface area (Å²) in [6.07, 6.45) is 0.512. The highest BCUT2D eigenvalue weighted by Gasteiger charge is 2.07. The van der Waals surface area contributed by atoms with Crippen molar-refractivity contribution in [3.63, 3.8) is 0 Å². The Balaban J connectivity index is 2.32. The number of H-pyrrole nitrogens is 1. The monoisotopic (exact) mass is 236 g/mol. The quantitative estimate of drug-likeness (QED) is 0.815. The van der Waals surface area contributed by atoms with Crippen LogP contribution in [0, 0.1) is 13.8 Å². The van der Waals surface area contributed by atoms with Crippen LogP contribution in [0.1, 0.15) is 22.1 Å². The topological polar surface area (TPSA) is 84.7 Å². The van der Waals surface area contributed by atoms with Gasteiger partial charge in [-0.2, -0.15) is 0 Å². The molecule has 0 radical (unpaired) electrons. The van der Waals surface area contributed by atoms with Crippen molar-refractivity contribution < 1.29 is 0 Å². The highest BCUT2D eigenvalue weighted by molar-refractivity contribution is 7.09. The molecule has 0 aromatic carbocycles. The summed E-state index contributed by atoms with van der Waals surface area (Å²) >= 11 is 1.55. The molecule has 84 valence electrons. The molecule has 2 rings (SSSR count). The summed E-state index contributed by atoms with van der Waals surface area (Å²) in [5, 5.41) is 2.88. The lowest BCUT2D eigenvalue weighted by molar-refractivity contribution is 0.926. The van der Waals surface area contributed by atoms with Crippen LogP contribution in [0.5, 0.6) is 0 Å². The standard InChI is InChI=1S/C10H12N4OS/c1-5-4-16-8(12-5)3-7-13-9(11)6(2)10(15)14-7/h4H,3H2,1-2H3,(H3,11,13,14,15). The Morgan fingerprint density at radius 1 is 1.44 bits per heavy atom. The fraction of sp³-hybridized carbons (Fsp3) is 0.300. The number of nitrogens with zero attached hydrogens (tertiary/aromatic N) is 2. The molecule has 0 unspecified atom stereocenters. The minimum Gasteiger partial charge on any atom is -0.383 e. The number of aryl methyl sites for hydroxylation is 1. The fourth-order valence-corrected chi connectivity index (χ4v) is 2.09. The first-order valence-electron chi connectivity index (χ1n) is 4.82. The Hall–Kier alpha value is -1.69. The van der Waals surface area contributed by atoms with E-state index in [0.29, 0.717) is 17.8 Å². The van der Waals surface area contributed by atoms with E-state index in [-0.39, 0.29) is 11.4 Å². The van der Waals surface area contributed by atoms with Gasteiger partial charge >= 0.3 is 0 Å². The summed E-state index contributed by atoms with van der Waals surface area (Å²) in [6.45, 7) is 3.58. The van der Waals surface area contributed by atoms with E-state index in [0.717, 1.165) is 10.7 Å². The van der Waals surface area contributed by atoms with Gasteiger partial charge in [0.05, 0.1) is 12.0 Å². The Bertz CT molecular complexity index is 572. The zero-order valence-electron chi connectivity index (χ0n) is 9.07. The zero-order valence-corrected chi connectivity index (χ0v) is 9.89. The third-order valence-electron chi connectivity index (χ3n) is 2.22. The number of thiazole rings is 1. The molecule has 0 saturated carbocycles. The molecule has 3 N–H and O–H groups in total. The predicted molar refractivity (Wildman–Crippen MR) is 63.7 cm³/mol. The molecule has 16 heavy (non-hydrogen) atoms. The van der Waals surface area contributed by atoms with Crippen LogP contribution in [-0.2, 0) is 6.42 Å². The van der Waals surface area contributed by atoms with Crippen molar-refractivity contribution >= 4 is 17.2 Å². The van der Waals surface area contributed by atoms with E-state index in [1.807, 2.05) is 12.3 Å². The van der Waals surface area contributed by atoms with Crippen molar-refractivity contribution in [2.75, 3.05) is 5.73 Å². The SMILES string of the molecule is Cc1csc(Cc2nc(N)c(C)c(=O)[nH]2)n1. The maximum atomic E-state index is 11.5. The first-order valence-corrected chi connectivity index (χ1v) is 5.70. The Morgan fingerprint density at radius 2 is 2.19 bits per heavy atom. The molecule has 2 aromatic rings. The first kappa shape index (κ1) is 10.8. The highest BCUT2D eigenvalue weighted by Crippen LogP contribution is 2.12. The van der Waals surface area contributed by atoms with Crippen molar-refractivity contribution in [2.45, 2.75) is 20.3 Å². The van der Waals surface area contributed by atoms with Gasteiger partial charge in [-0.05, 0) is 13.8 Å². The smallest absolute Gasteiger partial charge is 0.255 e. The number of rotatable bonds is 2. The van der Waals surface area contributed by atoms with Crippen molar-refractivity contribution in [1.29, 1.82) is 0 Å². The summed E-state index contributed by atoms with van der Waals surface area (Å²) in [5.74, 6) is 0.842. The molecule has 6 heteroatoms. The van der Waals surface area contributed by atoms with Crippen molar-refractivity contribution in [3.8, 4) is 0 Å². The molecule has 0 bridgehead atoms. The number of nitrogens with two attached hydrogens (primary N) is 1. The number of aromatic nitrogens is 3. The van der Waals surface area contributed by atoms with Crippen molar-refractivity contribution in [3.05, 3.63) is 37.8 Å². The number of anilines is 1. The van der Waals surface area contributed by atoms with Gasteiger partial charge in [-0.3, -0.25) is 4.79 Å². The fourth-order valence-electron chi connectivity index (χ4n) is 1.31. The molecule has 0 fully saturated rings. The van der Waals surface area contributed by atoms with Crippen LogP contribution in [0.25, 0.3) is 0 Å². The average molecular weight is 236 g/mol. The Labute approximate surface area is 96.4 Å². The molecule has 0 amide bonds. The summed E-state index contributed by atoms with van der Waals surface area (Å²) in [5.41, 5.74) is 6.88. The van der Waals surface area contributed by atoms with Gasteiger partial charge in [0.2, 0.25) is 0 Å². The van der Waals surface area contributed by atoms with Gasteiger partial charge in [-0.15, -0.1) is 11.3 Å². The van der Waals surface area contributed by atoms with E-state index in [9.17, 15) is 4.79 Å². The van der Waals surface area contributed by atoms with E-state index in [1.54, 1.807) is 18.3 Å². The highest BCUT2D eigenvalue weighted by atomic mass is 32.1. The van der Waals surface area contributed by atoms with Gasteiger partial charge in [-0.25, -0.2) is 9.97 Å². The summed E-state index contributed by atoms with van der Waals surface area (Å²) < 4.78 is 0. The molecule has 5 nitrogen and oxygen atoms in total. The average Bonchev–Trinajstić information content (AvgIpc) is 2.60. The van der Waals surface area contributed by atoms with E-state index in [4.69, 9.17) is 5.73 Å². The summed E-state index contributed by atoms with van der Waals surface area (Å²) in [6, 6.07) is 0. The number of hydrogen-bond acceptors (Lipinski definition) is 5. The predicted octanol–water partition coefficient (Wildman–Crippen LogP) is 1.02. The molecule has 0 aliphatic heterocycles. The normalized spacial score (nSPS) is 10.6. The van der Waals surface area contributed by atoms with Gasteiger partial charge < -0.3 is 10.7 Å². The summed E-state index contributed by atoms with van der Waals surface area (Å²) in [4.78, 5) is 22.6. The molecule has 0 saturated heterocycles. The molecule has 0 aliphatic rings. The lowest BCUT2D eigenvalue weighted by Gasteiger charge is -2.01. The second kappa shape index (κ2) is 4.05. The third-order valence-corrected chi connectivity index (χ3v) is 3.19. The van der Waals surface area contributed by atoms with E-state index in [2.05, 4.69) is 15.0 Å². The van der Waals surface area contributed by atoms with Crippen LogP contribution in [-0.4, -0.2) is 15.0 Å². The van der Waals surface area contributed by atoms with Crippen LogP contribution in [0.3, 0.4) is 0 Å². The molecular formula is C10H12N4OS. The number of hydrogen-bond donors (Lipinski definition) is 2. The van der Waals surface area contributed by atoms with E-state index >= 15 is 0 Å². The number of nitrogens with one attached hydrogen (secondary N) is 1. The molecule has 2 aromatic heterocycles. The van der Waals surface area contributed by atoms with E-state index < -0.39 is 0 Å². The van der Waals surface area contributed by atoms with Crippen molar-refractivity contribution in [2.24, 2.45) is 0 Å². The van der Waals surface area contributed by atoms with Crippen LogP contribution < -0.4 is 11.3 Å². The van der Waals surface area contributed by atoms with Gasteiger partial charge in [0.1, 0.15) is 16.6 Å². The minimum absolute atomic E-state index is 0.184. The van der Waals surface area contributed by atoms with Crippen molar-refractivity contribution in [1.82, 2.24) is 15.0 Å². The number of nitrogen functional groups attached to an aromatic ring is 1. The lowest BCUT2D eigenvalue weighted by Crippen LogP contribution is -2.17. The molecule has 0 atom stereocenters. The van der Waals surface area contributed by atoms with Gasteiger partial charge in [0.25, 0.3) is 5.56 Å². The van der Waals surface area contributed by atoms with Gasteiger partial charge in [0, 0.05) is 11.1 Å². The molecule has 2 heterocycles. The van der Waals surface area contributed by atoms with Crippen LogP contribution in [0.4, 0.5) is 5.82 Å². The van der Waals surface area contributed by atoms with E-state index in [1.165, 1.54) is 0 Å². The molecule has 0 aliphatic carbocycles. The van der Waals surface area contributed by atoms with Gasteiger partial charge in [0.15, 0.2) is 0 Å². The lowest BCUT2D eigenvalue weighted by atomic mass is 10.3. The van der Waals surface area contributed by atoms with Crippen LogP contribution in [0.15, 0.2) is 10.2 Å². The largest absolute Gasteiger partial charge is 0.383 e. The minimum atomic E-state index is -0.184. The van der Waals surface area contributed by atoms with Gasteiger partial charge in [-0.1, -0.05) is 0 Å². The maximum absolute atomic E-state index is 11.5. The zero-order chi connectivity index (χ0) is 11.7. The molecular weight excluding hydrogens is 224 g/mol. The second-order valence-corrected chi connectivity index (χ2v) is 4.52. The molecule has 0 spiro atoms. The van der Waals surface area contributed by atoms with Crippen LogP contribution in [0.2, 0.25) is 0 Å². The second-order valence-electron chi connectivity index (χ2n) is 3.58. The maximum Gasteiger partial charge on any atom is 0.255 e. The third kappa shape index (κ3) is 2.11. The van der Waals surface area contributed by atoms with Crippen LogP contribution >= 0.6 is 11.3 Å². The first-order chi connectivity index (χ1) is 7.56. The Kier molecular flexibility index (Phi) is 2.74. The number of aromatic amines is 1.